The lowest BCUT2D eigenvalue weighted by molar-refractivity contribution is -0.137. The van der Waals surface area contributed by atoms with E-state index in [2.05, 4.69) is 10.2 Å². The van der Waals surface area contributed by atoms with Crippen molar-refractivity contribution in [1.82, 2.24) is 9.80 Å². The second-order valence-electron chi connectivity index (χ2n) is 8.77. The molecule has 1 fully saturated rings. The van der Waals surface area contributed by atoms with E-state index in [1.54, 1.807) is 6.07 Å². The van der Waals surface area contributed by atoms with E-state index in [4.69, 9.17) is 14.2 Å². The van der Waals surface area contributed by atoms with Gasteiger partial charge in [0.25, 0.3) is 11.8 Å². The molecule has 0 aromatic heterocycles. The maximum Gasteiger partial charge on any atom is 0.278 e. The highest BCUT2D eigenvalue weighted by atomic mass is 16.6. The van der Waals surface area contributed by atoms with Crippen molar-refractivity contribution in [2.45, 2.75) is 13.8 Å². The van der Waals surface area contributed by atoms with Crippen molar-refractivity contribution >= 4 is 23.1 Å². The first-order chi connectivity index (χ1) is 16.5. The summed E-state index contributed by atoms with van der Waals surface area (Å²) in [6, 6.07) is 11.3. The molecule has 0 radical (unpaired) electrons. The number of hydrogen-bond donors (Lipinski definition) is 1. The van der Waals surface area contributed by atoms with Crippen LogP contribution in [0.2, 0.25) is 0 Å². The van der Waals surface area contributed by atoms with Crippen molar-refractivity contribution in [2.75, 3.05) is 57.9 Å². The minimum absolute atomic E-state index is 0.273. The number of morpholine rings is 1. The molecule has 0 bridgehead atoms. The molecule has 2 aromatic rings. The molecule has 8 nitrogen and oxygen atoms in total. The number of hydrogen-bond acceptors (Lipinski definition) is 7. The van der Waals surface area contributed by atoms with Crippen molar-refractivity contribution < 1.29 is 23.8 Å². The van der Waals surface area contributed by atoms with E-state index < -0.39 is 0 Å². The molecule has 3 aliphatic heterocycles. The van der Waals surface area contributed by atoms with Gasteiger partial charge in [0.05, 0.1) is 18.8 Å². The van der Waals surface area contributed by atoms with E-state index in [1.807, 2.05) is 44.2 Å². The van der Waals surface area contributed by atoms with Crippen LogP contribution in [-0.4, -0.2) is 74.2 Å². The molecule has 0 saturated carbocycles. The number of ether oxygens (including phenoxy) is 3. The smallest absolute Gasteiger partial charge is 0.278 e. The fourth-order valence-corrected chi connectivity index (χ4v) is 4.57. The standard InChI is InChI=1S/C26H29N3O5/c1-17-3-5-20(18(2)15-17)23-24(27-19-4-6-21-22(16-19)34-14-13-33-21)26(31)29(25(23)30)8-7-28-9-11-32-12-10-28/h3-6,15-16,27H,7-14H2,1-2H3. The van der Waals surface area contributed by atoms with Gasteiger partial charge in [-0.3, -0.25) is 19.4 Å². The van der Waals surface area contributed by atoms with Gasteiger partial charge in [0.2, 0.25) is 0 Å². The SMILES string of the molecule is Cc1ccc(C2=C(Nc3ccc4c(c3)OCCO4)C(=O)N(CCN3CCOCC3)C2=O)c(C)c1. The highest BCUT2D eigenvalue weighted by Crippen LogP contribution is 2.36. The molecule has 1 N–H and O–H groups in total. The lowest BCUT2D eigenvalue weighted by atomic mass is 9.97. The van der Waals surface area contributed by atoms with Crippen LogP contribution in [0, 0.1) is 13.8 Å². The Balaban J connectivity index is 1.46. The zero-order chi connectivity index (χ0) is 23.7. The third-order valence-electron chi connectivity index (χ3n) is 6.37. The number of amides is 2. The largest absolute Gasteiger partial charge is 0.486 e. The maximum atomic E-state index is 13.6. The third kappa shape index (κ3) is 4.38. The molecule has 5 rings (SSSR count). The summed E-state index contributed by atoms with van der Waals surface area (Å²) in [5.74, 6) is 0.695. The highest BCUT2D eigenvalue weighted by Gasteiger charge is 2.39. The first-order valence-electron chi connectivity index (χ1n) is 11.7. The topological polar surface area (TPSA) is 80.3 Å². The van der Waals surface area contributed by atoms with Crippen LogP contribution >= 0.6 is 0 Å². The number of nitrogens with one attached hydrogen (secondary N) is 1. The number of benzene rings is 2. The van der Waals surface area contributed by atoms with E-state index in [0.717, 1.165) is 29.8 Å². The number of imide groups is 1. The molecule has 34 heavy (non-hydrogen) atoms. The number of anilines is 1. The van der Waals surface area contributed by atoms with E-state index in [1.165, 1.54) is 4.90 Å². The first-order valence-corrected chi connectivity index (χ1v) is 11.7. The van der Waals surface area contributed by atoms with Gasteiger partial charge in [-0.15, -0.1) is 0 Å². The van der Waals surface area contributed by atoms with E-state index in [9.17, 15) is 9.59 Å². The Morgan fingerprint density at radius 1 is 0.853 bits per heavy atom. The average Bonchev–Trinajstić information content (AvgIpc) is 3.07. The van der Waals surface area contributed by atoms with Crippen LogP contribution in [0.25, 0.3) is 5.57 Å². The summed E-state index contributed by atoms with van der Waals surface area (Å²) in [7, 11) is 0. The van der Waals surface area contributed by atoms with E-state index >= 15 is 0 Å². The predicted octanol–water partition coefficient (Wildman–Crippen LogP) is 2.60. The maximum absolute atomic E-state index is 13.6. The Hall–Kier alpha value is -3.36. The van der Waals surface area contributed by atoms with Crippen LogP contribution in [-0.2, 0) is 14.3 Å². The summed E-state index contributed by atoms with van der Waals surface area (Å²) in [4.78, 5) is 30.7. The van der Waals surface area contributed by atoms with Gasteiger partial charge in [0.15, 0.2) is 11.5 Å². The van der Waals surface area contributed by atoms with Crippen LogP contribution < -0.4 is 14.8 Å². The van der Waals surface area contributed by atoms with Gasteiger partial charge in [-0.1, -0.05) is 23.8 Å². The molecule has 3 aliphatic rings. The second-order valence-corrected chi connectivity index (χ2v) is 8.77. The van der Waals surface area contributed by atoms with E-state index in [0.29, 0.717) is 62.3 Å². The molecule has 0 unspecified atom stereocenters. The summed E-state index contributed by atoms with van der Waals surface area (Å²) < 4.78 is 16.7. The molecular weight excluding hydrogens is 434 g/mol. The summed E-state index contributed by atoms with van der Waals surface area (Å²) in [5, 5.41) is 3.23. The Morgan fingerprint density at radius 2 is 1.62 bits per heavy atom. The van der Waals surface area contributed by atoms with Crippen LogP contribution in [0.1, 0.15) is 16.7 Å². The number of nitrogens with zero attached hydrogens (tertiary/aromatic N) is 2. The van der Waals surface area contributed by atoms with Gasteiger partial charge in [-0.2, -0.15) is 0 Å². The van der Waals surface area contributed by atoms with Crippen molar-refractivity contribution in [3.05, 3.63) is 58.8 Å². The Labute approximate surface area is 199 Å². The molecule has 2 aromatic carbocycles. The summed E-state index contributed by atoms with van der Waals surface area (Å²) in [6.45, 7) is 8.85. The first kappa shape index (κ1) is 22.4. The van der Waals surface area contributed by atoms with Crippen molar-refractivity contribution in [3.8, 4) is 11.5 Å². The second kappa shape index (κ2) is 9.48. The lowest BCUT2D eigenvalue weighted by Gasteiger charge is -2.28. The Bertz CT molecular complexity index is 1150. The zero-order valence-corrected chi connectivity index (χ0v) is 19.6. The van der Waals surface area contributed by atoms with Gasteiger partial charge >= 0.3 is 0 Å². The van der Waals surface area contributed by atoms with Crippen LogP contribution in [0.3, 0.4) is 0 Å². The quantitative estimate of drug-likeness (QED) is 0.660. The fraction of sp³-hybridized carbons (Fsp3) is 0.385. The monoisotopic (exact) mass is 463 g/mol. The molecule has 178 valence electrons. The normalized spacial score (nSPS) is 18.6. The molecule has 3 heterocycles. The third-order valence-corrected chi connectivity index (χ3v) is 6.37. The molecule has 0 aliphatic carbocycles. The number of fused-ring (bicyclic) bond motifs is 1. The molecule has 0 atom stereocenters. The van der Waals surface area contributed by atoms with E-state index in [-0.39, 0.29) is 17.5 Å². The molecule has 2 amide bonds. The average molecular weight is 464 g/mol. The summed E-state index contributed by atoms with van der Waals surface area (Å²) in [6.07, 6.45) is 0. The van der Waals surface area contributed by atoms with Crippen molar-refractivity contribution in [3.63, 3.8) is 0 Å². The Kier molecular flexibility index (Phi) is 6.26. The lowest BCUT2D eigenvalue weighted by Crippen LogP contribution is -2.43. The molecule has 1 saturated heterocycles. The summed E-state index contributed by atoms with van der Waals surface area (Å²) in [5.41, 5.74) is 4.17. The highest BCUT2D eigenvalue weighted by molar-refractivity contribution is 6.36. The number of aryl methyl sites for hydroxylation is 2. The van der Waals surface area contributed by atoms with Gasteiger partial charge in [-0.05, 0) is 37.1 Å². The summed E-state index contributed by atoms with van der Waals surface area (Å²) >= 11 is 0. The minimum atomic E-state index is -0.317. The number of carbonyl (C=O) groups excluding carboxylic acids is 2. The van der Waals surface area contributed by atoms with Crippen molar-refractivity contribution in [2.24, 2.45) is 0 Å². The predicted molar refractivity (Wildman–Crippen MR) is 128 cm³/mol. The molecular formula is C26H29N3O5. The fourth-order valence-electron chi connectivity index (χ4n) is 4.57. The van der Waals surface area contributed by atoms with Crippen LogP contribution in [0.15, 0.2) is 42.1 Å². The number of rotatable bonds is 6. The van der Waals surface area contributed by atoms with Gasteiger partial charge in [0.1, 0.15) is 18.9 Å². The van der Waals surface area contributed by atoms with Crippen LogP contribution in [0.5, 0.6) is 11.5 Å². The zero-order valence-electron chi connectivity index (χ0n) is 19.6. The molecule has 8 heteroatoms. The Morgan fingerprint density at radius 3 is 2.38 bits per heavy atom. The van der Waals surface area contributed by atoms with Gasteiger partial charge in [-0.25, -0.2) is 0 Å². The minimum Gasteiger partial charge on any atom is -0.486 e. The van der Waals surface area contributed by atoms with Crippen molar-refractivity contribution in [1.29, 1.82) is 0 Å². The van der Waals surface area contributed by atoms with Crippen LogP contribution in [0.4, 0.5) is 5.69 Å². The number of carbonyl (C=O) groups is 2. The van der Waals surface area contributed by atoms with Gasteiger partial charge < -0.3 is 19.5 Å². The van der Waals surface area contributed by atoms with Gasteiger partial charge in [0, 0.05) is 37.9 Å². The molecule has 0 spiro atoms.